The number of ether oxygens (including phenoxy) is 2. The van der Waals surface area contributed by atoms with Gasteiger partial charge in [0.05, 0.1) is 13.7 Å². The number of hydrogen-bond acceptors (Lipinski definition) is 5. The maximum absolute atomic E-state index is 11.5. The molecule has 0 aliphatic carbocycles. The number of hydrogen-bond donors (Lipinski definition) is 0. The van der Waals surface area contributed by atoms with E-state index in [0.717, 1.165) is 4.90 Å². The summed E-state index contributed by atoms with van der Waals surface area (Å²) in [5.74, 6) is -1.02. The van der Waals surface area contributed by atoms with Crippen molar-refractivity contribution >= 4 is 17.8 Å². The summed E-state index contributed by atoms with van der Waals surface area (Å²) in [5.41, 5.74) is -0.614. The third kappa shape index (κ3) is 7.32. The van der Waals surface area contributed by atoms with Gasteiger partial charge in [-0.2, -0.15) is 0 Å². The smallest absolute Gasteiger partial charge is 0.410 e. The molecule has 0 aromatic carbocycles. The first-order valence-corrected chi connectivity index (χ1v) is 5.18. The molecule has 0 saturated heterocycles. The van der Waals surface area contributed by atoms with Crippen LogP contribution < -0.4 is 0 Å². The van der Waals surface area contributed by atoms with E-state index in [1.165, 1.54) is 14.2 Å². The fourth-order valence-electron chi connectivity index (χ4n) is 0.958. The van der Waals surface area contributed by atoms with Crippen LogP contribution in [-0.2, 0) is 19.1 Å². The molecule has 0 aromatic rings. The molecule has 0 rings (SSSR count). The molecule has 0 heterocycles. The summed E-state index contributed by atoms with van der Waals surface area (Å²) >= 11 is 0. The van der Waals surface area contributed by atoms with Crippen LogP contribution in [0.2, 0.25) is 0 Å². The van der Waals surface area contributed by atoms with Crippen LogP contribution in [0.3, 0.4) is 0 Å². The molecule has 0 radical (unpaired) electrons. The normalized spacial score (nSPS) is 10.6. The minimum absolute atomic E-state index is 0.177. The number of amides is 1. The molecule has 1 amide bonds. The molecule has 0 unspecified atom stereocenters. The van der Waals surface area contributed by atoms with E-state index >= 15 is 0 Å². The molecule has 6 heteroatoms. The van der Waals surface area contributed by atoms with Crippen molar-refractivity contribution in [3.05, 3.63) is 0 Å². The minimum atomic E-state index is -0.618. The molecule has 6 nitrogen and oxygen atoms in total. The van der Waals surface area contributed by atoms with Crippen molar-refractivity contribution in [1.82, 2.24) is 4.90 Å². The maximum Gasteiger partial charge on any atom is 0.410 e. The van der Waals surface area contributed by atoms with E-state index in [4.69, 9.17) is 4.74 Å². The Morgan fingerprint density at radius 3 is 2.12 bits per heavy atom. The average molecular weight is 245 g/mol. The molecule has 0 saturated carbocycles. The van der Waals surface area contributed by atoms with Crippen LogP contribution in [-0.4, -0.2) is 49.0 Å². The molecule has 0 aliphatic rings. The van der Waals surface area contributed by atoms with Gasteiger partial charge >= 0.3 is 12.1 Å². The number of nitrogens with zero attached hydrogens (tertiary/aromatic N) is 1. The average Bonchev–Trinajstić information content (AvgIpc) is 2.14. The van der Waals surface area contributed by atoms with Crippen molar-refractivity contribution in [3.63, 3.8) is 0 Å². The molecule has 0 atom stereocenters. The Hall–Kier alpha value is -1.59. The van der Waals surface area contributed by atoms with Crippen LogP contribution in [0.4, 0.5) is 4.79 Å². The van der Waals surface area contributed by atoms with Gasteiger partial charge in [0.15, 0.2) is 5.78 Å². The number of carbonyl (C=O) groups excluding carboxylic acids is 3. The van der Waals surface area contributed by atoms with E-state index in [1.807, 2.05) is 0 Å². The molecule has 0 spiro atoms. The second-order valence-corrected chi connectivity index (χ2v) is 4.63. The number of carbonyl (C=O) groups is 3. The topological polar surface area (TPSA) is 72.9 Å². The van der Waals surface area contributed by atoms with E-state index in [9.17, 15) is 14.4 Å². The van der Waals surface area contributed by atoms with Crippen molar-refractivity contribution in [2.24, 2.45) is 0 Å². The number of Topliss-reactive ketones (excluding diaryl/α,β-unsaturated/α-hetero) is 1. The predicted molar refractivity (Wildman–Crippen MR) is 60.5 cm³/mol. The Morgan fingerprint density at radius 2 is 1.71 bits per heavy atom. The van der Waals surface area contributed by atoms with Gasteiger partial charge in [0.1, 0.15) is 12.0 Å². The van der Waals surface area contributed by atoms with Crippen LogP contribution in [0.25, 0.3) is 0 Å². The highest BCUT2D eigenvalue weighted by molar-refractivity contribution is 5.97. The van der Waals surface area contributed by atoms with Crippen molar-refractivity contribution in [2.75, 3.05) is 20.7 Å². The summed E-state index contributed by atoms with van der Waals surface area (Å²) in [4.78, 5) is 34.8. The van der Waals surface area contributed by atoms with Gasteiger partial charge in [-0.15, -0.1) is 0 Å². The second-order valence-electron chi connectivity index (χ2n) is 4.63. The summed E-state index contributed by atoms with van der Waals surface area (Å²) in [5, 5.41) is 0. The van der Waals surface area contributed by atoms with Crippen LogP contribution >= 0.6 is 0 Å². The van der Waals surface area contributed by atoms with Gasteiger partial charge in [0, 0.05) is 7.05 Å². The monoisotopic (exact) mass is 245 g/mol. The number of methoxy groups -OCH3 is 1. The molecule has 0 fully saturated rings. The van der Waals surface area contributed by atoms with E-state index in [2.05, 4.69) is 4.74 Å². The minimum Gasteiger partial charge on any atom is -0.469 e. The van der Waals surface area contributed by atoms with E-state index in [1.54, 1.807) is 20.8 Å². The second kappa shape index (κ2) is 6.22. The molecular formula is C11H19NO5. The Balaban J connectivity index is 4.17. The van der Waals surface area contributed by atoms with Gasteiger partial charge in [-0.25, -0.2) is 4.79 Å². The molecule has 0 aliphatic heterocycles. The lowest BCUT2D eigenvalue weighted by atomic mass is 10.2. The lowest BCUT2D eigenvalue weighted by molar-refractivity contribution is -0.143. The van der Waals surface area contributed by atoms with Crippen LogP contribution in [0.1, 0.15) is 27.2 Å². The number of ketones is 1. The molecule has 0 aromatic heterocycles. The highest BCUT2D eigenvalue weighted by Crippen LogP contribution is 2.09. The highest BCUT2D eigenvalue weighted by Gasteiger charge is 2.21. The van der Waals surface area contributed by atoms with Gasteiger partial charge < -0.3 is 14.4 Å². The summed E-state index contributed by atoms with van der Waals surface area (Å²) in [6, 6.07) is 0. The van der Waals surface area contributed by atoms with Crippen molar-refractivity contribution in [3.8, 4) is 0 Å². The lowest BCUT2D eigenvalue weighted by Gasteiger charge is -2.24. The summed E-state index contributed by atoms with van der Waals surface area (Å²) < 4.78 is 9.40. The standard InChI is InChI=1S/C11H19NO5/c1-11(2,3)17-10(15)12(4)7-8(13)6-9(14)16-5/h6-7H2,1-5H3. The van der Waals surface area contributed by atoms with Gasteiger partial charge in [0.2, 0.25) is 0 Å². The molecular weight excluding hydrogens is 226 g/mol. The first-order chi connectivity index (χ1) is 7.65. The van der Waals surface area contributed by atoms with Gasteiger partial charge in [-0.05, 0) is 20.8 Å². The summed E-state index contributed by atoms with van der Waals surface area (Å²) in [6.07, 6.45) is -0.945. The summed E-state index contributed by atoms with van der Waals surface area (Å²) in [6.45, 7) is 5.02. The third-order valence-corrected chi connectivity index (χ3v) is 1.69. The Bertz CT molecular complexity index is 305. The Morgan fingerprint density at radius 1 is 1.18 bits per heavy atom. The zero-order valence-corrected chi connectivity index (χ0v) is 10.9. The molecule has 0 bridgehead atoms. The zero-order valence-electron chi connectivity index (χ0n) is 10.9. The highest BCUT2D eigenvalue weighted by atomic mass is 16.6. The molecule has 17 heavy (non-hydrogen) atoms. The number of rotatable bonds is 4. The fourth-order valence-corrected chi connectivity index (χ4v) is 0.958. The van der Waals surface area contributed by atoms with Crippen molar-refractivity contribution < 1.29 is 23.9 Å². The van der Waals surface area contributed by atoms with Crippen molar-refractivity contribution in [2.45, 2.75) is 32.8 Å². The zero-order chi connectivity index (χ0) is 13.6. The fraction of sp³-hybridized carbons (Fsp3) is 0.727. The van der Waals surface area contributed by atoms with Gasteiger partial charge in [-0.3, -0.25) is 9.59 Å². The molecule has 0 N–H and O–H groups in total. The Labute approximate surface area is 101 Å². The van der Waals surface area contributed by atoms with Crippen LogP contribution in [0.15, 0.2) is 0 Å². The number of likely N-dealkylation sites (N-methyl/N-ethyl adjacent to an activating group) is 1. The largest absolute Gasteiger partial charge is 0.469 e. The lowest BCUT2D eigenvalue weighted by Crippen LogP contribution is -2.37. The SMILES string of the molecule is COC(=O)CC(=O)CN(C)C(=O)OC(C)(C)C. The quantitative estimate of drug-likeness (QED) is 0.545. The predicted octanol–water partition coefficient (Wildman–Crippen LogP) is 0.985. The van der Waals surface area contributed by atoms with Gasteiger partial charge in [-0.1, -0.05) is 0 Å². The van der Waals surface area contributed by atoms with Crippen LogP contribution in [0.5, 0.6) is 0 Å². The summed E-state index contributed by atoms with van der Waals surface area (Å²) in [7, 11) is 2.64. The third-order valence-electron chi connectivity index (χ3n) is 1.69. The first-order valence-electron chi connectivity index (χ1n) is 5.18. The number of esters is 1. The Kier molecular flexibility index (Phi) is 5.64. The van der Waals surface area contributed by atoms with E-state index in [0.29, 0.717) is 0 Å². The van der Waals surface area contributed by atoms with Crippen molar-refractivity contribution in [1.29, 1.82) is 0 Å². The van der Waals surface area contributed by atoms with E-state index < -0.39 is 23.4 Å². The van der Waals surface area contributed by atoms with E-state index in [-0.39, 0.29) is 13.0 Å². The van der Waals surface area contributed by atoms with Crippen LogP contribution in [0, 0.1) is 0 Å². The maximum atomic E-state index is 11.5. The first kappa shape index (κ1) is 15.4. The molecule has 98 valence electrons. The van der Waals surface area contributed by atoms with Gasteiger partial charge in [0.25, 0.3) is 0 Å².